The monoisotopic (exact) mass is 398 g/mol. The Kier molecular flexibility index (Phi) is 4.00. The van der Waals surface area contributed by atoms with Crippen molar-refractivity contribution in [2.45, 2.75) is 13.1 Å². The van der Waals surface area contributed by atoms with E-state index in [4.69, 9.17) is 11.6 Å². The van der Waals surface area contributed by atoms with Crippen LogP contribution in [-0.2, 0) is 6.18 Å². The van der Waals surface area contributed by atoms with Crippen molar-refractivity contribution in [3.05, 3.63) is 44.2 Å². The summed E-state index contributed by atoms with van der Waals surface area (Å²) in [7, 11) is 0. The van der Waals surface area contributed by atoms with Crippen molar-refractivity contribution in [1.82, 2.24) is 9.97 Å². The number of aromatic nitrogens is 2. The number of nitrogens with zero attached hydrogens (tertiary/aromatic N) is 2. The standard InChI is InChI=1S/C12H7ClF3IN2/c1-6-9(17)10(13)19-11(18-6)7-4-2-3-5-8(7)12(14,15)16/h2-5H,1H3. The maximum atomic E-state index is 12.9. The van der Waals surface area contributed by atoms with Crippen LogP contribution in [-0.4, -0.2) is 9.97 Å². The van der Waals surface area contributed by atoms with E-state index in [1.165, 1.54) is 18.2 Å². The fourth-order valence-electron chi connectivity index (χ4n) is 1.57. The van der Waals surface area contributed by atoms with E-state index < -0.39 is 11.7 Å². The molecule has 2 rings (SSSR count). The van der Waals surface area contributed by atoms with Gasteiger partial charge in [-0.15, -0.1) is 0 Å². The van der Waals surface area contributed by atoms with Gasteiger partial charge in [0.05, 0.1) is 14.8 Å². The normalized spacial score (nSPS) is 11.7. The zero-order valence-corrected chi connectivity index (χ0v) is 12.5. The van der Waals surface area contributed by atoms with Crippen LogP contribution in [0.1, 0.15) is 11.3 Å². The highest BCUT2D eigenvalue weighted by Gasteiger charge is 2.34. The molecule has 0 radical (unpaired) electrons. The number of aryl methyl sites for hydroxylation is 1. The van der Waals surface area contributed by atoms with E-state index in [1.54, 1.807) is 6.92 Å². The Balaban J connectivity index is 2.67. The Labute approximate surface area is 126 Å². The van der Waals surface area contributed by atoms with Gasteiger partial charge in [0.25, 0.3) is 0 Å². The van der Waals surface area contributed by atoms with E-state index in [2.05, 4.69) is 9.97 Å². The molecule has 100 valence electrons. The van der Waals surface area contributed by atoms with Crippen molar-refractivity contribution in [2.24, 2.45) is 0 Å². The molecule has 0 atom stereocenters. The fraction of sp³-hybridized carbons (Fsp3) is 0.167. The Bertz CT molecular complexity index is 606. The highest BCUT2D eigenvalue weighted by molar-refractivity contribution is 14.1. The first kappa shape index (κ1) is 14.5. The topological polar surface area (TPSA) is 25.8 Å². The summed E-state index contributed by atoms with van der Waals surface area (Å²) < 4.78 is 39.4. The predicted molar refractivity (Wildman–Crippen MR) is 74.9 cm³/mol. The second kappa shape index (κ2) is 5.24. The third kappa shape index (κ3) is 3.00. The summed E-state index contributed by atoms with van der Waals surface area (Å²) in [6, 6.07) is 5.17. The van der Waals surface area contributed by atoms with Crippen molar-refractivity contribution in [3.8, 4) is 11.4 Å². The van der Waals surface area contributed by atoms with Gasteiger partial charge in [-0.3, -0.25) is 0 Å². The molecule has 0 saturated carbocycles. The second-order valence-electron chi connectivity index (χ2n) is 3.78. The van der Waals surface area contributed by atoms with Gasteiger partial charge >= 0.3 is 6.18 Å². The third-order valence-electron chi connectivity index (χ3n) is 2.45. The highest BCUT2D eigenvalue weighted by atomic mass is 127. The number of rotatable bonds is 1. The zero-order chi connectivity index (χ0) is 14.2. The molecular weight excluding hydrogens is 391 g/mol. The van der Waals surface area contributed by atoms with Gasteiger partial charge in [-0.25, -0.2) is 9.97 Å². The van der Waals surface area contributed by atoms with Crippen molar-refractivity contribution in [2.75, 3.05) is 0 Å². The molecule has 1 aromatic carbocycles. The molecule has 1 aromatic heterocycles. The number of hydrogen-bond acceptors (Lipinski definition) is 2. The lowest BCUT2D eigenvalue weighted by atomic mass is 10.1. The molecule has 1 heterocycles. The predicted octanol–water partition coefficient (Wildman–Crippen LogP) is 4.73. The average molecular weight is 399 g/mol. The molecule has 2 nitrogen and oxygen atoms in total. The molecule has 19 heavy (non-hydrogen) atoms. The quantitative estimate of drug-likeness (QED) is 0.513. The molecule has 0 fully saturated rings. The van der Waals surface area contributed by atoms with Crippen molar-refractivity contribution in [3.63, 3.8) is 0 Å². The van der Waals surface area contributed by atoms with E-state index in [9.17, 15) is 13.2 Å². The number of benzene rings is 1. The Morgan fingerprint density at radius 3 is 2.37 bits per heavy atom. The van der Waals surface area contributed by atoms with Crippen LogP contribution in [0.25, 0.3) is 11.4 Å². The lowest BCUT2D eigenvalue weighted by Gasteiger charge is -2.12. The molecule has 0 aliphatic carbocycles. The Morgan fingerprint density at radius 2 is 1.79 bits per heavy atom. The average Bonchev–Trinajstić information content (AvgIpc) is 2.34. The molecule has 0 bridgehead atoms. The SMILES string of the molecule is Cc1nc(-c2ccccc2C(F)(F)F)nc(Cl)c1I. The Hall–Kier alpha value is -0.890. The van der Waals surface area contributed by atoms with Crippen LogP contribution in [0.4, 0.5) is 13.2 Å². The van der Waals surface area contributed by atoms with Gasteiger partial charge in [-0.05, 0) is 35.6 Å². The summed E-state index contributed by atoms with van der Waals surface area (Å²) in [5.74, 6) is -0.0177. The van der Waals surface area contributed by atoms with Gasteiger partial charge in [0, 0.05) is 5.56 Å². The number of hydrogen-bond donors (Lipinski definition) is 0. The van der Waals surface area contributed by atoms with Crippen molar-refractivity contribution >= 4 is 34.2 Å². The van der Waals surface area contributed by atoms with E-state index in [-0.39, 0.29) is 16.5 Å². The maximum absolute atomic E-state index is 12.9. The largest absolute Gasteiger partial charge is 0.417 e. The second-order valence-corrected chi connectivity index (χ2v) is 5.22. The van der Waals surface area contributed by atoms with Crippen LogP contribution in [0.15, 0.2) is 24.3 Å². The molecular formula is C12H7ClF3IN2. The zero-order valence-electron chi connectivity index (χ0n) is 9.59. The molecule has 0 unspecified atom stereocenters. The highest BCUT2D eigenvalue weighted by Crippen LogP contribution is 2.36. The first-order valence-electron chi connectivity index (χ1n) is 5.17. The Morgan fingerprint density at radius 1 is 1.16 bits per heavy atom. The van der Waals surface area contributed by atoms with Gasteiger partial charge < -0.3 is 0 Å². The first-order chi connectivity index (χ1) is 8.80. The van der Waals surface area contributed by atoms with E-state index in [0.29, 0.717) is 9.26 Å². The maximum Gasteiger partial charge on any atom is 0.417 e. The van der Waals surface area contributed by atoms with Crippen LogP contribution in [0.2, 0.25) is 5.15 Å². The summed E-state index contributed by atoms with van der Waals surface area (Å²) in [5.41, 5.74) is -0.296. The van der Waals surface area contributed by atoms with Gasteiger partial charge in [0.2, 0.25) is 0 Å². The molecule has 7 heteroatoms. The smallest absolute Gasteiger partial charge is 0.232 e. The summed E-state index contributed by atoms with van der Waals surface area (Å²) in [4.78, 5) is 8.00. The van der Waals surface area contributed by atoms with Gasteiger partial charge in [0.15, 0.2) is 5.82 Å². The molecule has 0 saturated heterocycles. The summed E-state index contributed by atoms with van der Waals surface area (Å²) >= 11 is 7.85. The lowest BCUT2D eigenvalue weighted by molar-refractivity contribution is -0.137. The van der Waals surface area contributed by atoms with Gasteiger partial charge in [-0.1, -0.05) is 29.8 Å². The summed E-state index contributed by atoms with van der Waals surface area (Å²) in [6.45, 7) is 1.68. The number of alkyl halides is 3. The third-order valence-corrected chi connectivity index (χ3v) is 4.33. The van der Waals surface area contributed by atoms with Crippen LogP contribution in [0, 0.1) is 10.5 Å². The van der Waals surface area contributed by atoms with E-state index >= 15 is 0 Å². The minimum absolute atomic E-state index is 0.0177. The first-order valence-corrected chi connectivity index (χ1v) is 6.62. The van der Waals surface area contributed by atoms with Crippen LogP contribution < -0.4 is 0 Å². The van der Waals surface area contributed by atoms with Crippen molar-refractivity contribution < 1.29 is 13.2 Å². The molecule has 0 spiro atoms. The van der Waals surface area contributed by atoms with Gasteiger partial charge in [0.1, 0.15) is 5.15 Å². The lowest BCUT2D eigenvalue weighted by Crippen LogP contribution is -2.08. The minimum atomic E-state index is -4.46. The summed E-state index contributed by atoms with van der Waals surface area (Å²) in [6.07, 6.45) is -4.46. The minimum Gasteiger partial charge on any atom is -0.232 e. The van der Waals surface area contributed by atoms with E-state index in [0.717, 1.165) is 6.07 Å². The van der Waals surface area contributed by atoms with Gasteiger partial charge in [-0.2, -0.15) is 13.2 Å². The van der Waals surface area contributed by atoms with Crippen LogP contribution >= 0.6 is 34.2 Å². The molecule has 0 amide bonds. The number of halogens is 5. The van der Waals surface area contributed by atoms with E-state index in [1.807, 2.05) is 22.6 Å². The molecule has 0 aliphatic rings. The van der Waals surface area contributed by atoms with Crippen LogP contribution in [0.3, 0.4) is 0 Å². The van der Waals surface area contributed by atoms with Crippen molar-refractivity contribution in [1.29, 1.82) is 0 Å². The fourth-order valence-corrected chi connectivity index (χ4v) is 2.03. The van der Waals surface area contributed by atoms with Crippen LogP contribution in [0.5, 0.6) is 0 Å². The molecule has 0 aliphatic heterocycles. The molecule has 0 N–H and O–H groups in total. The molecule has 2 aromatic rings. The summed E-state index contributed by atoms with van der Waals surface area (Å²) in [5, 5.41) is 0.153.